The van der Waals surface area contributed by atoms with Gasteiger partial charge in [-0.05, 0) is 36.2 Å². The van der Waals surface area contributed by atoms with Crippen molar-refractivity contribution in [2.75, 3.05) is 7.11 Å². The molecule has 0 heterocycles. The van der Waals surface area contributed by atoms with E-state index >= 15 is 0 Å². The Hall–Kier alpha value is -2.14. The largest absolute Gasteiger partial charge is 0.467 e. The van der Waals surface area contributed by atoms with E-state index in [1.807, 2.05) is 37.3 Å². The number of halogens is 1. The van der Waals surface area contributed by atoms with E-state index in [0.29, 0.717) is 12.0 Å². The molecule has 0 fully saturated rings. The van der Waals surface area contributed by atoms with Gasteiger partial charge in [-0.25, -0.2) is 4.79 Å². The van der Waals surface area contributed by atoms with Crippen LogP contribution in [0.4, 0.5) is 0 Å². The fraction of sp³-hybridized carbons (Fsp3) is 0.222. The number of esters is 1. The summed E-state index contributed by atoms with van der Waals surface area (Å²) in [6.07, 6.45) is 0.388. The van der Waals surface area contributed by atoms with Crippen molar-refractivity contribution < 1.29 is 14.3 Å². The first kappa shape index (κ1) is 17.2. The molecule has 0 spiro atoms. The molecular weight excluding hydrogens is 358 g/mol. The summed E-state index contributed by atoms with van der Waals surface area (Å²) in [5.41, 5.74) is 2.55. The third-order valence-corrected chi connectivity index (χ3v) is 4.06. The SMILES string of the molecule is COC(=O)[C@@H](Cc1ccccc1C)NC(=O)c1cccc(Br)c1. The molecule has 2 rings (SSSR count). The van der Waals surface area contributed by atoms with E-state index in [4.69, 9.17) is 4.74 Å². The Balaban J connectivity index is 2.17. The van der Waals surface area contributed by atoms with Gasteiger partial charge in [-0.2, -0.15) is 0 Å². The van der Waals surface area contributed by atoms with Crippen molar-refractivity contribution in [3.05, 3.63) is 69.7 Å². The fourth-order valence-corrected chi connectivity index (χ4v) is 2.67. The Morgan fingerprint density at radius 2 is 1.91 bits per heavy atom. The molecular formula is C18H18BrNO3. The molecule has 0 saturated carbocycles. The standard InChI is InChI=1S/C18H18BrNO3/c1-12-6-3-4-7-13(12)11-16(18(22)23-2)20-17(21)14-8-5-9-15(19)10-14/h3-10,16H,11H2,1-2H3,(H,20,21)/t16-/m1/s1. The molecule has 1 N–H and O–H groups in total. The highest BCUT2D eigenvalue weighted by Gasteiger charge is 2.23. The first-order chi connectivity index (χ1) is 11.0. The molecule has 0 unspecified atom stereocenters. The summed E-state index contributed by atoms with van der Waals surface area (Å²) in [7, 11) is 1.32. The van der Waals surface area contributed by atoms with Crippen molar-refractivity contribution in [1.82, 2.24) is 5.32 Å². The molecule has 2 aromatic carbocycles. The molecule has 0 aromatic heterocycles. The van der Waals surface area contributed by atoms with E-state index in [9.17, 15) is 9.59 Å². The molecule has 0 aliphatic rings. The molecule has 5 heteroatoms. The second-order valence-electron chi connectivity index (χ2n) is 5.19. The monoisotopic (exact) mass is 375 g/mol. The summed E-state index contributed by atoms with van der Waals surface area (Å²) < 4.78 is 5.63. The van der Waals surface area contributed by atoms with Gasteiger partial charge in [0.15, 0.2) is 0 Å². The summed E-state index contributed by atoms with van der Waals surface area (Å²) in [5.74, 6) is -0.771. The summed E-state index contributed by atoms with van der Waals surface area (Å²) in [6.45, 7) is 1.97. The lowest BCUT2D eigenvalue weighted by Crippen LogP contribution is -2.43. The average Bonchev–Trinajstić information content (AvgIpc) is 2.55. The van der Waals surface area contributed by atoms with Crippen LogP contribution in [0, 0.1) is 6.92 Å². The topological polar surface area (TPSA) is 55.4 Å². The summed E-state index contributed by atoms with van der Waals surface area (Å²) in [6, 6.07) is 14.0. The van der Waals surface area contributed by atoms with Crippen LogP contribution in [-0.2, 0) is 16.0 Å². The van der Waals surface area contributed by atoms with Crippen LogP contribution in [0.2, 0.25) is 0 Å². The van der Waals surface area contributed by atoms with Gasteiger partial charge >= 0.3 is 5.97 Å². The van der Waals surface area contributed by atoms with Gasteiger partial charge in [-0.1, -0.05) is 46.3 Å². The lowest BCUT2D eigenvalue weighted by molar-refractivity contribution is -0.142. The summed E-state index contributed by atoms with van der Waals surface area (Å²) in [4.78, 5) is 24.4. The minimum Gasteiger partial charge on any atom is -0.467 e. The number of amides is 1. The highest BCUT2D eigenvalue weighted by Crippen LogP contribution is 2.13. The predicted molar refractivity (Wildman–Crippen MR) is 92.3 cm³/mol. The third kappa shape index (κ3) is 4.66. The Morgan fingerprint density at radius 3 is 2.57 bits per heavy atom. The lowest BCUT2D eigenvalue weighted by Gasteiger charge is -2.18. The van der Waals surface area contributed by atoms with Crippen LogP contribution in [0.5, 0.6) is 0 Å². The van der Waals surface area contributed by atoms with Crippen molar-refractivity contribution in [2.45, 2.75) is 19.4 Å². The second-order valence-corrected chi connectivity index (χ2v) is 6.11. The maximum absolute atomic E-state index is 12.4. The van der Waals surface area contributed by atoms with Crippen molar-refractivity contribution in [1.29, 1.82) is 0 Å². The van der Waals surface area contributed by atoms with Crippen LogP contribution in [0.15, 0.2) is 53.0 Å². The van der Waals surface area contributed by atoms with Gasteiger partial charge in [-0.15, -0.1) is 0 Å². The van der Waals surface area contributed by atoms with Gasteiger partial charge in [0, 0.05) is 16.5 Å². The minimum atomic E-state index is -0.729. The first-order valence-corrected chi connectivity index (χ1v) is 7.99. The Labute approximate surface area is 144 Å². The number of hydrogen-bond donors (Lipinski definition) is 1. The van der Waals surface area contributed by atoms with Crippen LogP contribution >= 0.6 is 15.9 Å². The number of benzene rings is 2. The lowest BCUT2D eigenvalue weighted by atomic mass is 10.0. The predicted octanol–water partition coefficient (Wildman–Crippen LogP) is 3.27. The third-order valence-electron chi connectivity index (χ3n) is 3.56. The molecule has 0 saturated heterocycles. The number of nitrogens with one attached hydrogen (secondary N) is 1. The number of carbonyl (C=O) groups is 2. The number of ether oxygens (including phenoxy) is 1. The van der Waals surface area contributed by atoms with E-state index in [-0.39, 0.29) is 5.91 Å². The van der Waals surface area contributed by atoms with Crippen molar-refractivity contribution in [2.24, 2.45) is 0 Å². The number of hydrogen-bond acceptors (Lipinski definition) is 3. The molecule has 2 aromatic rings. The van der Waals surface area contributed by atoms with Crippen molar-refractivity contribution in [3.63, 3.8) is 0 Å². The van der Waals surface area contributed by atoms with E-state index < -0.39 is 12.0 Å². The molecule has 0 bridgehead atoms. The van der Waals surface area contributed by atoms with Crippen LogP contribution in [-0.4, -0.2) is 25.0 Å². The number of rotatable bonds is 5. The number of methoxy groups -OCH3 is 1. The van der Waals surface area contributed by atoms with Crippen LogP contribution in [0.1, 0.15) is 21.5 Å². The van der Waals surface area contributed by atoms with Gasteiger partial charge in [-0.3, -0.25) is 4.79 Å². The number of aryl methyl sites for hydroxylation is 1. The zero-order chi connectivity index (χ0) is 16.8. The highest BCUT2D eigenvalue weighted by atomic mass is 79.9. The summed E-state index contributed by atoms with van der Waals surface area (Å²) >= 11 is 3.33. The van der Waals surface area contributed by atoms with E-state index in [1.54, 1.807) is 18.2 Å². The maximum Gasteiger partial charge on any atom is 0.328 e. The quantitative estimate of drug-likeness (QED) is 0.815. The van der Waals surface area contributed by atoms with Crippen molar-refractivity contribution >= 4 is 27.8 Å². The Morgan fingerprint density at radius 1 is 1.17 bits per heavy atom. The average molecular weight is 376 g/mol. The zero-order valence-electron chi connectivity index (χ0n) is 13.0. The molecule has 4 nitrogen and oxygen atoms in total. The maximum atomic E-state index is 12.4. The Bertz CT molecular complexity index is 715. The molecule has 0 radical (unpaired) electrons. The fourth-order valence-electron chi connectivity index (χ4n) is 2.27. The van der Waals surface area contributed by atoms with Gasteiger partial charge in [0.25, 0.3) is 5.91 Å². The molecule has 0 aliphatic carbocycles. The van der Waals surface area contributed by atoms with Crippen LogP contribution < -0.4 is 5.32 Å². The number of carbonyl (C=O) groups excluding carboxylic acids is 2. The first-order valence-electron chi connectivity index (χ1n) is 7.20. The van der Waals surface area contributed by atoms with E-state index in [0.717, 1.165) is 15.6 Å². The van der Waals surface area contributed by atoms with E-state index in [1.165, 1.54) is 7.11 Å². The van der Waals surface area contributed by atoms with Gasteiger partial charge in [0.05, 0.1) is 7.11 Å². The van der Waals surface area contributed by atoms with Gasteiger partial charge < -0.3 is 10.1 Å². The normalized spacial score (nSPS) is 11.6. The minimum absolute atomic E-state index is 0.310. The smallest absolute Gasteiger partial charge is 0.328 e. The van der Waals surface area contributed by atoms with Gasteiger partial charge in [0.2, 0.25) is 0 Å². The highest BCUT2D eigenvalue weighted by molar-refractivity contribution is 9.10. The van der Waals surface area contributed by atoms with Crippen molar-refractivity contribution in [3.8, 4) is 0 Å². The second kappa shape index (κ2) is 7.92. The zero-order valence-corrected chi connectivity index (χ0v) is 14.6. The molecule has 23 heavy (non-hydrogen) atoms. The van der Waals surface area contributed by atoms with Gasteiger partial charge in [0.1, 0.15) is 6.04 Å². The van der Waals surface area contributed by atoms with Crippen LogP contribution in [0.3, 0.4) is 0 Å². The van der Waals surface area contributed by atoms with E-state index in [2.05, 4.69) is 21.2 Å². The molecule has 1 atom stereocenters. The molecule has 1 amide bonds. The van der Waals surface area contributed by atoms with Crippen LogP contribution in [0.25, 0.3) is 0 Å². The molecule has 120 valence electrons. The summed E-state index contributed by atoms with van der Waals surface area (Å²) in [5, 5.41) is 2.75. The molecule has 0 aliphatic heterocycles. The Kier molecular flexibility index (Phi) is 5.93.